The average Bonchev–Trinajstić information content (AvgIpc) is 3.78. The van der Waals surface area contributed by atoms with Crippen molar-refractivity contribution in [2.75, 3.05) is 4.90 Å². The smallest absolute Gasteiger partial charge is 0.227 e. The van der Waals surface area contributed by atoms with Gasteiger partial charge in [0.25, 0.3) is 0 Å². The first-order chi connectivity index (χ1) is 24.3. The van der Waals surface area contributed by atoms with E-state index in [2.05, 4.69) is 132 Å². The predicted octanol–water partition coefficient (Wildman–Crippen LogP) is 12.8. The fraction of sp³-hybridized carbons (Fsp3) is 0. The van der Waals surface area contributed by atoms with E-state index in [1.54, 1.807) is 0 Å². The van der Waals surface area contributed by atoms with Gasteiger partial charge in [-0.05, 0) is 77.0 Å². The van der Waals surface area contributed by atoms with Crippen molar-refractivity contribution in [3.8, 4) is 22.6 Å². The Hall–Kier alpha value is -6.65. The van der Waals surface area contributed by atoms with Gasteiger partial charge in [-0.15, -0.1) is 0 Å². The van der Waals surface area contributed by atoms with Crippen LogP contribution in [0.5, 0.6) is 0 Å². The number of oxazole rings is 1. The Balaban J connectivity index is 1.18. The summed E-state index contributed by atoms with van der Waals surface area (Å²) in [5.74, 6) is 0.618. The SMILES string of the molecule is c1ccc(-c2nc3ccc4c(N(c5ccccc5)c5ccc(-c6cccc7c6oc6ccccc67)cc5)cc5ccccc5c4c3o2)cc1. The number of nitrogens with zero attached hydrogens (tertiary/aromatic N) is 2. The molecule has 0 aliphatic heterocycles. The molecule has 0 fully saturated rings. The van der Waals surface area contributed by atoms with Gasteiger partial charge < -0.3 is 13.7 Å². The third-order valence-corrected chi connectivity index (χ3v) is 9.47. The summed E-state index contributed by atoms with van der Waals surface area (Å²) in [6.07, 6.45) is 0. The second-order valence-corrected chi connectivity index (χ2v) is 12.3. The molecule has 10 rings (SSSR count). The third kappa shape index (κ3) is 4.42. The Bertz CT molecular complexity index is 2820. The highest BCUT2D eigenvalue weighted by Gasteiger charge is 2.21. The number of rotatable bonds is 5. The Morgan fingerprint density at radius 1 is 0.449 bits per heavy atom. The van der Waals surface area contributed by atoms with Crippen LogP contribution in [0.2, 0.25) is 0 Å². The van der Waals surface area contributed by atoms with Gasteiger partial charge in [0.15, 0.2) is 5.58 Å². The number of benzene rings is 8. The van der Waals surface area contributed by atoms with E-state index in [1.165, 1.54) is 0 Å². The lowest BCUT2D eigenvalue weighted by molar-refractivity contribution is 0.623. The molecule has 49 heavy (non-hydrogen) atoms. The van der Waals surface area contributed by atoms with Gasteiger partial charge in [-0.3, -0.25) is 0 Å². The van der Waals surface area contributed by atoms with Crippen molar-refractivity contribution in [2.24, 2.45) is 0 Å². The van der Waals surface area contributed by atoms with Crippen molar-refractivity contribution in [3.63, 3.8) is 0 Å². The normalized spacial score (nSPS) is 11.7. The molecule has 4 heteroatoms. The molecule has 0 N–H and O–H groups in total. The van der Waals surface area contributed by atoms with Crippen LogP contribution in [0.1, 0.15) is 0 Å². The molecule has 0 spiro atoms. The maximum absolute atomic E-state index is 6.60. The van der Waals surface area contributed by atoms with Crippen LogP contribution >= 0.6 is 0 Å². The molecule has 8 aromatic carbocycles. The molecule has 0 radical (unpaired) electrons. The maximum atomic E-state index is 6.60. The second kappa shape index (κ2) is 11.0. The molecule has 2 heterocycles. The van der Waals surface area contributed by atoms with Gasteiger partial charge in [0.1, 0.15) is 16.7 Å². The molecule has 0 saturated heterocycles. The molecule has 10 aromatic rings. The highest BCUT2D eigenvalue weighted by Crippen LogP contribution is 2.45. The first-order valence-electron chi connectivity index (χ1n) is 16.5. The fourth-order valence-corrected chi connectivity index (χ4v) is 7.21. The maximum Gasteiger partial charge on any atom is 0.227 e. The highest BCUT2D eigenvalue weighted by atomic mass is 16.3. The summed E-state index contributed by atoms with van der Waals surface area (Å²) in [5.41, 5.74) is 9.73. The van der Waals surface area contributed by atoms with Gasteiger partial charge in [0.2, 0.25) is 5.89 Å². The largest absolute Gasteiger partial charge is 0.455 e. The van der Waals surface area contributed by atoms with Crippen LogP contribution in [-0.2, 0) is 0 Å². The van der Waals surface area contributed by atoms with E-state index in [-0.39, 0.29) is 0 Å². The van der Waals surface area contributed by atoms with E-state index < -0.39 is 0 Å². The lowest BCUT2D eigenvalue weighted by atomic mass is 9.97. The molecule has 0 atom stereocenters. The van der Waals surface area contributed by atoms with Gasteiger partial charge >= 0.3 is 0 Å². The Morgan fingerprint density at radius 3 is 1.98 bits per heavy atom. The molecule has 0 unspecified atom stereocenters. The standard InChI is InChI=1S/C45H28N2O2/c1-3-12-30(13-4-1)45-46-39-27-26-38-40(28-31-14-7-8-17-34(31)42(38)44(39)49-45)47(32-15-5-2-6-16-32)33-24-22-29(23-25-33)35-19-11-20-37-36-18-9-10-21-41(36)48-43(35)37/h1-28H. The average molecular weight is 629 g/mol. The summed E-state index contributed by atoms with van der Waals surface area (Å²) < 4.78 is 13.0. The summed E-state index contributed by atoms with van der Waals surface area (Å²) in [6, 6.07) is 59.1. The van der Waals surface area contributed by atoms with Crippen molar-refractivity contribution in [3.05, 3.63) is 170 Å². The molecule has 0 aliphatic carbocycles. The van der Waals surface area contributed by atoms with E-state index in [0.717, 1.165) is 88.3 Å². The predicted molar refractivity (Wildman–Crippen MR) is 202 cm³/mol. The number of hydrogen-bond donors (Lipinski definition) is 0. The molecular formula is C45H28N2O2. The molecule has 2 aromatic heterocycles. The summed E-state index contributed by atoms with van der Waals surface area (Å²) in [4.78, 5) is 7.25. The number of anilines is 3. The second-order valence-electron chi connectivity index (χ2n) is 12.3. The number of para-hydroxylation sites is 3. The van der Waals surface area contributed by atoms with Crippen molar-refractivity contribution in [1.29, 1.82) is 0 Å². The quantitative estimate of drug-likeness (QED) is 0.178. The lowest BCUT2D eigenvalue weighted by Crippen LogP contribution is -2.10. The molecule has 230 valence electrons. The van der Waals surface area contributed by atoms with Gasteiger partial charge in [-0.1, -0.05) is 109 Å². The molecule has 4 nitrogen and oxygen atoms in total. The Morgan fingerprint density at radius 2 is 1.14 bits per heavy atom. The number of fused-ring (bicyclic) bond motifs is 8. The molecule has 0 bridgehead atoms. The van der Waals surface area contributed by atoms with Crippen LogP contribution in [0, 0.1) is 0 Å². The Kier molecular flexibility index (Phi) is 6.15. The van der Waals surface area contributed by atoms with Crippen LogP contribution < -0.4 is 4.90 Å². The molecule has 0 amide bonds. The summed E-state index contributed by atoms with van der Waals surface area (Å²) in [5, 5.41) is 6.65. The zero-order valence-electron chi connectivity index (χ0n) is 26.4. The summed E-state index contributed by atoms with van der Waals surface area (Å²) in [6.45, 7) is 0. The van der Waals surface area contributed by atoms with Gasteiger partial charge in [0.05, 0.1) is 5.69 Å². The van der Waals surface area contributed by atoms with E-state index in [4.69, 9.17) is 13.8 Å². The third-order valence-electron chi connectivity index (χ3n) is 9.47. The zero-order valence-corrected chi connectivity index (χ0v) is 26.4. The van der Waals surface area contributed by atoms with Crippen LogP contribution in [0.4, 0.5) is 17.1 Å². The van der Waals surface area contributed by atoms with Gasteiger partial charge in [-0.25, -0.2) is 4.98 Å². The van der Waals surface area contributed by atoms with E-state index in [1.807, 2.05) is 42.5 Å². The molecule has 0 saturated carbocycles. The number of furan rings is 1. The van der Waals surface area contributed by atoms with Crippen LogP contribution in [-0.4, -0.2) is 4.98 Å². The van der Waals surface area contributed by atoms with Crippen molar-refractivity contribution >= 4 is 71.6 Å². The van der Waals surface area contributed by atoms with Gasteiger partial charge in [0, 0.05) is 44.0 Å². The monoisotopic (exact) mass is 628 g/mol. The van der Waals surface area contributed by atoms with E-state index >= 15 is 0 Å². The summed E-state index contributed by atoms with van der Waals surface area (Å²) >= 11 is 0. The number of aromatic nitrogens is 1. The fourth-order valence-electron chi connectivity index (χ4n) is 7.21. The summed E-state index contributed by atoms with van der Waals surface area (Å²) in [7, 11) is 0. The van der Waals surface area contributed by atoms with E-state index in [0.29, 0.717) is 5.89 Å². The van der Waals surface area contributed by atoms with Gasteiger partial charge in [-0.2, -0.15) is 0 Å². The molecule has 0 aliphatic rings. The van der Waals surface area contributed by atoms with Crippen molar-refractivity contribution in [1.82, 2.24) is 4.98 Å². The first kappa shape index (κ1) is 27.5. The van der Waals surface area contributed by atoms with Crippen molar-refractivity contribution < 1.29 is 8.83 Å². The number of hydrogen-bond acceptors (Lipinski definition) is 4. The van der Waals surface area contributed by atoms with E-state index in [9.17, 15) is 0 Å². The first-order valence-corrected chi connectivity index (χ1v) is 16.5. The van der Waals surface area contributed by atoms with Crippen LogP contribution in [0.15, 0.2) is 179 Å². The minimum atomic E-state index is 0.618. The molecular weight excluding hydrogens is 601 g/mol. The van der Waals surface area contributed by atoms with Crippen molar-refractivity contribution in [2.45, 2.75) is 0 Å². The minimum Gasteiger partial charge on any atom is -0.455 e. The lowest BCUT2D eigenvalue weighted by Gasteiger charge is -2.27. The Labute approximate surface area is 282 Å². The highest BCUT2D eigenvalue weighted by molar-refractivity contribution is 6.22. The zero-order chi connectivity index (χ0) is 32.3. The topological polar surface area (TPSA) is 42.4 Å². The van der Waals surface area contributed by atoms with Crippen LogP contribution in [0.3, 0.4) is 0 Å². The minimum absolute atomic E-state index is 0.618. The van der Waals surface area contributed by atoms with Crippen LogP contribution in [0.25, 0.3) is 77.2 Å².